The fourth-order valence-corrected chi connectivity index (χ4v) is 2.50. The summed E-state index contributed by atoms with van der Waals surface area (Å²) in [5.74, 6) is 1.76. The van der Waals surface area contributed by atoms with Gasteiger partial charge in [0.15, 0.2) is 0 Å². The lowest BCUT2D eigenvalue weighted by Crippen LogP contribution is -2.35. The summed E-state index contributed by atoms with van der Waals surface area (Å²) in [5, 5.41) is 11.8. The Hall–Kier alpha value is -1.57. The molecule has 1 aliphatic heterocycles. The highest BCUT2D eigenvalue weighted by atomic mass is 16.5. The number of hydrogen-bond acceptors (Lipinski definition) is 4. The first kappa shape index (κ1) is 20.5. The van der Waals surface area contributed by atoms with Gasteiger partial charge in [-0.3, -0.25) is 0 Å². The van der Waals surface area contributed by atoms with Crippen molar-refractivity contribution >= 4 is 0 Å². The topological polar surface area (TPSA) is 48.3 Å². The number of nitrogens with one attached hydrogen (secondary N) is 1. The Morgan fingerprint density at radius 1 is 1.29 bits per heavy atom. The molecular weight excluding hydrogens is 298 g/mol. The molecule has 1 unspecified atom stereocenters. The lowest BCUT2D eigenvalue weighted by atomic mass is 10.1. The summed E-state index contributed by atoms with van der Waals surface area (Å²) < 4.78 is 5.87. The molecule has 0 radical (unpaired) electrons. The van der Waals surface area contributed by atoms with Gasteiger partial charge in [-0.05, 0) is 70.1 Å². The van der Waals surface area contributed by atoms with E-state index in [9.17, 15) is 0 Å². The molecule has 1 heterocycles. The van der Waals surface area contributed by atoms with Gasteiger partial charge >= 0.3 is 0 Å². The standard InChI is InChI=1S/C13H16N2O.C7H17N/c1-15-8-6-13(7-9-15)16-12-4-2-11(10-14)3-5-12;1-4-7(2)5-6-8-3/h2-5,13H,6-9H2,1H3;7-8H,4-6H2,1-3H3. The average Bonchev–Trinajstić information content (AvgIpc) is 2.62. The Bertz CT molecular complexity index is 473. The van der Waals surface area contributed by atoms with E-state index in [0.717, 1.165) is 44.1 Å². The fraction of sp³-hybridized carbons (Fsp3) is 0.650. The zero-order chi connectivity index (χ0) is 17.8. The number of hydrogen-bond donors (Lipinski definition) is 1. The third kappa shape index (κ3) is 8.33. The number of nitriles is 1. The highest BCUT2D eigenvalue weighted by molar-refractivity contribution is 5.34. The van der Waals surface area contributed by atoms with Gasteiger partial charge < -0.3 is 15.0 Å². The van der Waals surface area contributed by atoms with Crippen molar-refractivity contribution in [3.05, 3.63) is 29.8 Å². The predicted molar refractivity (Wildman–Crippen MR) is 100 cm³/mol. The maximum Gasteiger partial charge on any atom is 0.119 e. The largest absolute Gasteiger partial charge is 0.490 e. The minimum absolute atomic E-state index is 0.323. The average molecular weight is 332 g/mol. The van der Waals surface area contributed by atoms with Gasteiger partial charge in [-0.15, -0.1) is 0 Å². The van der Waals surface area contributed by atoms with Crippen LogP contribution in [0.4, 0.5) is 0 Å². The van der Waals surface area contributed by atoms with E-state index in [1.807, 2.05) is 19.2 Å². The van der Waals surface area contributed by atoms with E-state index in [-0.39, 0.29) is 0 Å². The monoisotopic (exact) mass is 331 g/mol. The molecule has 0 amide bonds. The van der Waals surface area contributed by atoms with Crippen molar-refractivity contribution in [2.45, 2.75) is 45.6 Å². The minimum Gasteiger partial charge on any atom is -0.490 e. The quantitative estimate of drug-likeness (QED) is 0.864. The summed E-state index contributed by atoms with van der Waals surface area (Å²) in [6.45, 7) is 7.88. The first-order chi connectivity index (χ1) is 11.6. The van der Waals surface area contributed by atoms with Crippen LogP contribution in [0.2, 0.25) is 0 Å². The Morgan fingerprint density at radius 2 is 1.92 bits per heavy atom. The van der Waals surface area contributed by atoms with Crippen LogP contribution in [0.3, 0.4) is 0 Å². The normalized spacial score (nSPS) is 16.6. The molecule has 4 heteroatoms. The van der Waals surface area contributed by atoms with E-state index < -0.39 is 0 Å². The van der Waals surface area contributed by atoms with Gasteiger partial charge in [0.25, 0.3) is 0 Å². The first-order valence-electron chi connectivity index (χ1n) is 9.09. The maximum absolute atomic E-state index is 8.68. The molecule has 1 aromatic rings. The molecule has 0 spiro atoms. The molecule has 4 nitrogen and oxygen atoms in total. The molecule has 2 rings (SSSR count). The van der Waals surface area contributed by atoms with Crippen molar-refractivity contribution < 1.29 is 4.74 Å². The van der Waals surface area contributed by atoms with Crippen LogP contribution in [0.15, 0.2) is 24.3 Å². The molecule has 24 heavy (non-hydrogen) atoms. The van der Waals surface area contributed by atoms with Gasteiger partial charge in [0.05, 0.1) is 11.6 Å². The maximum atomic E-state index is 8.68. The Morgan fingerprint density at radius 3 is 2.42 bits per heavy atom. The van der Waals surface area contributed by atoms with E-state index in [1.165, 1.54) is 12.8 Å². The van der Waals surface area contributed by atoms with E-state index in [2.05, 4.69) is 37.2 Å². The molecular formula is C20H33N3O. The molecule has 0 saturated carbocycles. The molecule has 1 saturated heterocycles. The molecule has 0 bridgehead atoms. The summed E-state index contributed by atoms with van der Waals surface area (Å²) in [7, 11) is 4.14. The highest BCUT2D eigenvalue weighted by Crippen LogP contribution is 2.18. The zero-order valence-corrected chi connectivity index (χ0v) is 15.7. The molecule has 0 aromatic heterocycles. The molecule has 1 fully saturated rings. The van der Waals surface area contributed by atoms with Gasteiger partial charge in [0, 0.05) is 13.1 Å². The van der Waals surface area contributed by atoms with Crippen LogP contribution in [0, 0.1) is 17.2 Å². The third-order valence-corrected chi connectivity index (χ3v) is 4.54. The summed E-state index contributed by atoms with van der Waals surface area (Å²) in [6.07, 6.45) is 5.10. The van der Waals surface area contributed by atoms with Crippen LogP contribution < -0.4 is 10.1 Å². The summed E-state index contributed by atoms with van der Waals surface area (Å²) in [6, 6.07) is 9.44. The van der Waals surface area contributed by atoms with Crippen LogP contribution in [-0.2, 0) is 0 Å². The van der Waals surface area contributed by atoms with Crippen molar-refractivity contribution in [2.24, 2.45) is 5.92 Å². The SMILES string of the molecule is CCC(C)CCNC.CN1CCC(Oc2ccc(C#N)cc2)CC1. The molecule has 134 valence electrons. The lowest BCUT2D eigenvalue weighted by molar-refractivity contribution is 0.114. The van der Waals surface area contributed by atoms with Gasteiger partial charge in [-0.1, -0.05) is 20.3 Å². The molecule has 0 aliphatic carbocycles. The van der Waals surface area contributed by atoms with Gasteiger partial charge in [-0.25, -0.2) is 0 Å². The summed E-state index contributed by atoms with van der Waals surface area (Å²) in [4.78, 5) is 2.32. The van der Waals surface area contributed by atoms with Crippen LogP contribution in [0.1, 0.15) is 45.1 Å². The predicted octanol–water partition coefficient (Wildman–Crippen LogP) is 3.67. The fourth-order valence-electron chi connectivity index (χ4n) is 2.50. The highest BCUT2D eigenvalue weighted by Gasteiger charge is 2.17. The van der Waals surface area contributed by atoms with Gasteiger partial charge in [0.1, 0.15) is 11.9 Å². The van der Waals surface area contributed by atoms with Crippen molar-refractivity contribution in [3.8, 4) is 11.8 Å². The third-order valence-electron chi connectivity index (χ3n) is 4.54. The zero-order valence-electron chi connectivity index (χ0n) is 15.7. The van der Waals surface area contributed by atoms with Crippen molar-refractivity contribution in [3.63, 3.8) is 0 Å². The Kier molecular flexibility index (Phi) is 10.1. The van der Waals surface area contributed by atoms with Crippen LogP contribution in [0.25, 0.3) is 0 Å². The number of piperidine rings is 1. The summed E-state index contributed by atoms with van der Waals surface area (Å²) in [5.41, 5.74) is 0.677. The van der Waals surface area contributed by atoms with Gasteiger partial charge in [0.2, 0.25) is 0 Å². The van der Waals surface area contributed by atoms with Crippen molar-refractivity contribution in [1.29, 1.82) is 5.26 Å². The molecule has 1 N–H and O–H groups in total. The number of rotatable bonds is 6. The number of likely N-dealkylation sites (tertiary alicyclic amines) is 1. The molecule has 1 aromatic carbocycles. The Labute approximate surface area is 147 Å². The Balaban J connectivity index is 0.000000307. The van der Waals surface area contributed by atoms with E-state index in [0.29, 0.717) is 11.7 Å². The first-order valence-corrected chi connectivity index (χ1v) is 9.09. The van der Waals surface area contributed by atoms with Crippen LogP contribution >= 0.6 is 0 Å². The van der Waals surface area contributed by atoms with Crippen molar-refractivity contribution in [1.82, 2.24) is 10.2 Å². The van der Waals surface area contributed by atoms with Crippen molar-refractivity contribution in [2.75, 3.05) is 33.7 Å². The van der Waals surface area contributed by atoms with E-state index in [1.54, 1.807) is 12.1 Å². The molecule has 1 aliphatic rings. The number of benzene rings is 1. The minimum atomic E-state index is 0.323. The smallest absolute Gasteiger partial charge is 0.119 e. The number of ether oxygens (including phenoxy) is 1. The lowest BCUT2D eigenvalue weighted by Gasteiger charge is -2.29. The van der Waals surface area contributed by atoms with E-state index in [4.69, 9.17) is 10.00 Å². The van der Waals surface area contributed by atoms with Crippen LogP contribution in [-0.4, -0.2) is 44.7 Å². The summed E-state index contributed by atoms with van der Waals surface area (Å²) >= 11 is 0. The van der Waals surface area contributed by atoms with Crippen LogP contribution in [0.5, 0.6) is 5.75 Å². The van der Waals surface area contributed by atoms with E-state index >= 15 is 0 Å². The second-order valence-corrected chi connectivity index (χ2v) is 6.66. The van der Waals surface area contributed by atoms with Gasteiger partial charge in [-0.2, -0.15) is 5.26 Å². The molecule has 1 atom stereocenters. The number of nitrogens with zero attached hydrogens (tertiary/aromatic N) is 2. The second-order valence-electron chi connectivity index (χ2n) is 6.66. The second kappa shape index (κ2) is 11.9.